The second kappa shape index (κ2) is 9.73. The van der Waals surface area contributed by atoms with Gasteiger partial charge in [-0.1, -0.05) is 37.5 Å². The van der Waals surface area contributed by atoms with Crippen molar-refractivity contribution in [2.24, 2.45) is 0 Å². The molecule has 0 amide bonds. The predicted octanol–water partition coefficient (Wildman–Crippen LogP) is 2.50. The largest absolute Gasteiger partial charge is 0.383 e. The van der Waals surface area contributed by atoms with E-state index in [2.05, 4.69) is 25.3 Å². The maximum atomic E-state index is 14.8. The topological polar surface area (TPSA) is 59.3 Å². The average Bonchev–Trinajstić information content (AvgIpc) is 3.23. The standard InChI is InChI=1S/C21H31FN6O/c1-29-16-15-28-21(23-24-25-28)20(18-9-5-6-10-19(18)22)27-13-11-26(12-14-27)17-7-3-2-4-8-17/h5-6,9-10,17,20H,2-4,7-8,11-16H2,1H3/t20-/m1/s1. The van der Waals surface area contributed by atoms with Crippen LogP contribution in [0.4, 0.5) is 4.39 Å². The number of aromatic nitrogens is 4. The van der Waals surface area contributed by atoms with E-state index in [0.29, 0.717) is 30.6 Å². The van der Waals surface area contributed by atoms with Crippen LogP contribution >= 0.6 is 0 Å². The van der Waals surface area contributed by atoms with E-state index in [-0.39, 0.29) is 11.9 Å². The highest BCUT2D eigenvalue weighted by atomic mass is 19.1. The molecule has 1 saturated carbocycles. The Morgan fingerprint density at radius 3 is 2.59 bits per heavy atom. The van der Waals surface area contributed by atoms with E-state index < -0.39 is 0 Å². The molecule has 2 fully saturated rings. The second-order valence-electron chi connectivity index (χ2n) is 8.04. The molecule has 29 heavy (non-hydrogen) atoms. The first-order valence-corrected chi connectivity index (χ1v) is 10.8. The van der Waals surface area contributed by atoms with Gasteiger partial charge in [-0.15, -0.1) is 5.10 Å². The van der Waals surface area contributed by atoms with Crippen LogP contribution in [0.25, 0.3) is 0 Å². The summed E-state index contributed by atoms with van der Waals surface area (Å²) < 4.78 is 21.7. The summed E-state index contributed by atoms with van der Waals surface area (Å²) in [5.74, 6) is 0.465. The van der Waals surface area contributed by atoms with Crippen molar-refractivity contribution in [3.63, 3.8) is 0 Å². The van der Waals surface area contributed by atoms with Crippen LogP contribution < -0.4 is 0 Å². The van der Waals surface area contributed by atoms with E-state index in [1.54, 1.807) is 17.9 Å². The summed E-state index contributed by atoms with van der Waals surface area (Å²) in [5.41, 5.74) is 0.632. The molecule has 1 aliphatic carbocycles. The summed E-state index contributed by atoms with van der Waals surface area (Å²) in [6.07, 6.45) is 6.68. The van der Waals surface area contributed by atoms with Crippen LogP contribution in [0.5, 0.6) is 0 Å². The summed E-state index contributed by atoms with van der Waals surface area (Å²) in [4.78, 5) is 4.95. The third-order valence-electron chi connectivity index (χ3n) is 6.32. The van der Waals surface area contributed by atoms with Gasteiger partial charge in [-0.25, -0.2) is 9.07 Å². The fraction of sp³-hybridized carbons (Fsp3) is 0.667. The number of ether oxygens (including phenoxy) is 1. The van der Waals surface area contributed by atoms with Crippen LogP contribution in [0.3, 0.4) is 0 Å². The third kappa shape index (κ3) is 4.65. The highest BCUT2D eigenvalue weighted by molar-refractivity contribution is 5.26. The van der Waals surface area contributed by atoms with E-state index in [1.165, 1.54) is 38.2 Å². The lowest BCUT2D eigenvalue weighted by molar-refractivity contribution is 0.0607. The summed E-state index contributed by atoms with van der Waals surface area (Å²) >= 11 is 0. The summed E-state index contributed by atoms with van der Waals surface area (Å²) in [5, 5.41) is 12.3. The summed E-state index contributed by atoms with van der Waals surface area (Å²) in [6, 6.07) is 7.39. The fourth-order valence-electron chi connectivity index (χ4n) is 4.75. The van der Waals surface area contributed by atoms with Crippen LogP contribution in [0.15, 0.2) is 24.3 Å². The minimum absolute atomic E-state index is 0.214. The van der Waals surface area contributed by atoms with Crippen molar-refractivity contribution >= 4 is 0 Å². The number of halogens is 1. The van der Waals surface area contributed by atoms with Crippen LogP contribution in [-0.2, 0) is 11.3 Å². The van der Waals surface area contributed by atoms with Crippen molar-refractivity contribution in [2.75, 3.05) is 39.9 Å². The Morgan fingerprint density at radius 2 is 1.86 bits per heavy atom. The molecule has 2 heterocycles. The zero-order valence-corrected chi connectivity index (χ0v) is 17.2. The van der Waals surface area contributed by atoms with Gasteiger partial charge in [-0.05, 0) is 29.3 Å². The maximum absolute atomic E-state index is 14.8. The van der Waals surface area contributed by atoms with Gasteiger partial charge in [0.2, 0.25) is 0 Å². The van der Waals surface area contributed by atoms with Gasteiger partial charge >= 0.3 is 0 Å². The first-order valence-electron chi connectivity index (χ1n) is 10.8. The van der Waals surface area contributed by atoms with Crippen LogP contribution in [0, 0.1) is 5.82 Å². The molecule has 1 aromatic heterocycles. The molecule has 0 N–H and O–H groups in total. The molecule has 0 radical (unpaired) electrons. The monoisotopic (exact) mass is 402 g/mol. The average molecular weight is 403 g/mol. The molecule has 1 atom stereocenters. The van der Waals surface area contributed by atoms with Gasteiger partial charge in [-0.2, -0.15) is 0 Å². The lowest BCUT2D eigenvalue weighted by atomic mass is 9.93. The molecule has 158 valence electrons. The Hall–Kier alpha value is -1.90. The Bertz CT molecular complexity index is 770. The lowest BCUT2D eigenvalue weighted by Crippen LogP contribution is -2.52. The van der Waals surface area contributed by atoms with Gasteiger partial charge in [0.15, 0.2) is 5.82 Å². The Kier molecular flexibility index (Phi) is 6.84. The molecule has 8 heteroatoms. The zero-order chi connectivity index (χ0) is 20.1. The van der Waals surface area contributed by atoms with Gasteiger partial charge in [0.1, 0.15) is 11.9 Å². The molecule has 2 aliphatic rings. The first-order chi connectivity index (χ1) is 14.3. The number of hydrogen-bond donors (Lipinski definition) is 0. The van der Waals surface area contributed by atoms with Crippen molar-refractivity contribution in [3.05, 3.63) is 41.5 Å². The van der Waals surface area contributed by atoms with E-state index in [9.17, 15) is 4.39 Å². The molecule has 7 nitrogen and oxygen atoms in total. The number of methoxy groups -OCH3 is 1. The maximum Gasteiger partial charge on any atom is 0.173 e. The second-order valence-corrected chi connectivity index (χ2v) is 8.04. The molecule has 0 unspecified atom stereocenters. The van der Waals surface area contributed by atoms with Gasteiger partial charge in [0, 0.05) is 44.9 Å². The smallest absolute Gasteiger partial charge is 0.173 e. The molecule has 2 aromatic rings. The highest BCUT2D eigenvalue weighted by Gasteiger charge is 2.33. The van der Waals surface area contributed by atoms with E-state index >= 15 is 0 Å². The number of nitrogens with zero attached hydrogens (tertiary/aromatic N) is 6. The molecule has 1 aliphatic heterocycles. The normalized spacial score (nSPS) is 20.8. The van der Waals surface area contributed by atoms with Gasteiger partial charge < -0.3 is 4.74 Å². The van der Waals surface area contributed by atoms with Crippen LogP contribution in [0.1, 0.15) is 49.5 Å². The van der Waals surface area contributed by atoms with E-state index in [0.717, 1.165) is 26.2 Å². The Morgan fingerprint density at radius 1 is 1.10 bits per heavy atom. The fourth-order valence-corrected chi connectivity index (χ4v) is 4.75. The van der Waals surface area contributed by atoms with Gasteiger partial charge in [0.05, 0.1) is 13.2 Å². The number of hydrogen-bond acceptors (Lipinski definition) is 6. The molecule has 1 aromatic carbocycles. The zero-order valence-electron chi connectivity index (χ0n) is 17.2. The minimum Gasteiger partial charge on any atom is -0.383 e. The molecule has 1 saturated heterocycles. The van der Waals surface area contributed by atoms with Crippen molar-refractivity contribution < 1.29 is 9.13 Å². The van der Waals surface area contributed by atoms with Crippen LogP contribution in [0.2, 0.25) is 0 Å². The number of rotatable bonds is 7. The van der Waals surface area contributed by atoms with Gasteiger partial charge in [-0.3, -0.25) is 9.80 Å². The van der Waals surface area contributed by atoms with E-state index in [4.69, 9.17) is 4.74 Å². The Labute approximate surface area is 171 Å². The highest BCUT2D eigenvalue weighted by Crippen LogP contribution is 2.31. The van der Waals surface area contributed by atoms with Gasteiger partial charge in [0.25, 0.3) is 0 Å². The van der Waals surface area contributed by atoms with Crippen molar-refractivity contribution in [2.45, 2.75) is 50.7 Å². The molecule has 0 bridgehead atoms. The SMILES string of the molecule is COCCn1nnnc1[C@@H](c1ccccc1F)N1CCN(C2CCCCC2)CC1. The quantitative estimate of drug-likeness (QED) is 0.709. The molecule has 4 rings (SSSR count). The van der Waals surface area contributed by atoms with E-state index in [1.807, 2.05) is 12.1 Å². The molecular weight excluding hydrogens is 371 g/mol. The third-order valence-corrected chi connectivity index (χ3v) is 6.32. The number of tetrazole rings is 1. The molecular formula is C21H31FN6O. The van der Waals surface area contributed by atoms with Crippen molar-refractivity contribution in [1.29, 1.82) is 0 Å². The summed E-state index contributed by atoms with van der Waals surface area (Å²) in [7, 11) is 1.66. The number of benzene rings is 1. The van der Waals surface area contributed by atoms with Crippen molar-refractivity contribution in [1.82, 2.24) is 30.0 Å². The minimum atomic E-state index is -0.295. The predicted molar refractivity (Wildman–Crippen MR) is 108 cm³/mol. The first kappa shape index (κ1) is 20.4. The number of piperazine rings is 1. The van der Waals surface area contributed by atoms with Crippen molar-refractivity contribution in [3.8, 4) is 0 Å². The van der Waals surface area contributed by atoms with Crippen LogP contribution in [-0.4, -0.2) is 75.9 Å². The Balaban J connectivity index is 1.55. The summed E-state index contributed by atoms with van der Waals surface area (Å²) in [6.45, 7) is 4.84. The molecule has 0 spiro atoms. The lowest BCUT2D eigenvalue weighted by Gasteiger charge is -2.43.